The van der Waals surface area contributed by atoms with Crippen molar-refractivity contribution in [2.45, 2.75) is 52.4 Å². The molecular formula is C21H26ClO+. The molecular weight excluding hydrogens is 304 g/mol. The van der Waals surface area contributed by atoms with E-state index in [1.165, 1.54) is 0 Å². The van der Waals surface area contributed by atoms with Gasteiger partial charge in [-0.2, -0.15) is 0 Å². The van der Waals surface area contributed by atoms with Gasteiger partial charge < -0.3 is 0 Å². The standard InChI is InChI=1S/C21H26ClO/c1-20(2,3)18-13-16(14-19(23-18)21(4,5)6)8-7-15-9-11-17(22)12-10-15/h7-14H,1-6H3/q+1/b8-7+. The van der Waals surface area contributed by atoms with Gasteiger partial charge >= 0.3 is 11.5 Å². The van der Waals surface area contributed by atoms with Crippen LogP contribution in [-0.4, -0.2) is 0 Å². The Morgan fingerprint density at radius 1 is 0.739 bits per heavy atom. The van der Waals surface area contributed by atoms with E-state index in [1.807, 2.05) is 24.3 Å². The first-order valence-electron chi connectivity index (χ1n) is 7.98. The Hall–Kier alpha value is -1.60. The predicted octanol–water partition coefficient (Wildman–Crippen LogP) is 6.98. The van der Waals surface area contributed by atoms with Crippen LogP contribution in [0.1, 0.15) is 64.2 Å². The van der Waals surface area contributed by atoms with E-state index in [2.05, 4.69) is 65.8 Å². The second kappa shape index (κ2) is 6.49. The first kappa shape index (κ1) is 17.7. The van der Waals surface area contributed by atoms with Crippen molar-refractivity contribution in [2.75, 3.05) is 0 Å². The molecule has 0 aliphatic rings. The highest BCUT2D eigenvalue weighted by Gasteiger charge is 2.33. The molecule has 0 unspecified atom stereocenters. The second-order valence-electron chi connectivity index (χ2n) is 8.00. The summed E-state index contributed by atoms with van der Waals surface area (Å²) in [6.07, 6.45) is 4.23. The third-order valence-electron chi connectivity index (χ3n) is 3.63. The summed E-state index contributed by atoms with van der Waals surface area (Å²) in [7, 11) is 0. The monoisotopic (exact) mass is 329 g/mol. The lowest BCUT2D eigenvalue weighted by molar-refractivity contribution is 0.328. The first-order chi connectivity index (χ1) is 10.6. The minimum Gasteiger partial charge on any atom is -0.217 e. The van der Waals surface area contributed by atoms with Crippen LogP contribution in [0, 0.1) is 0 Å². The summed E-state index contributed by atoms with van der Waals surface area (Å²) in [4.78, 5) is 0. The third-order valence-corrected chi connectivity index (χ3v) is 3.88. The van der Waals surface area contributed by atoms with Crippen LogP contribution in [0.5, 0.6) is 0 Å². The molecule has 0 fully saturated rings. The van der Waals surface area contributed by atoms with Gasteiger partial charge in [0.25, 0.3) is 0 Å². The summed E-state index contributed by atoms with van der Waals surface area (Å²) in [6, 6.07) is 12.1. The maximum atomic E-state index is 6.16. The van der Waals surface area contributed by atoms with E-state index >= 15 is 0 Å². The van der Waals surface area contributed by atoms with Crippen molar-refractivity contribution in [1.29, 1.82) is 0 Å². The highest BCUT2D eigenvalue weighted by molar-refractivity contribution is 6.30. The fraction of sp³-hybridized carbons (Fsp3) is 0.381. The lowest BCUT2D eigenvalue weighted by Gasteiger charge is -2.14. The van der Waals surface area contributed by atoms with Crippen molar-refractivity contribution in [3.63, 3.8) is 0 Å². The highest BCUT2D eigenvalue weighted by atomic mass is 35.5. The highest BCUT2D eigenvalue weighted by Crippen LogP contribution is 2.30. The topological polar surface area (TPSA) is 11.3 Å². The lowest BCUT2D eigenvalue weighted by Crippen LogP contribution is -2.16. The van der Waals surface area contributed by atoms with E-state index in [0.717, 1.165) is 27.7 Å². The number of benzene rings is 1. The minimum atomic E-state index is -0.0237. The van der Waals surface area contributed by atoms with Crippen molar-refractivity contribution >= 4 is 23.8 Å². The zero-order chi connectivity index (χ0) is 17.3. The van der Waals surface area contributed by atoms with Crippen molar-refractivity contribution in [2.24, 2.45) is 0 Å². The molecule has 1 heterocycles. The van der Waals surface area contributed by atoms with Gasteiger partial charge in [-0.05, 0) is 64.8 Å². The normalized spacial score (nSPS) is 12.8. The van der Waals surface area contributed by atoms with E-state index in [4.69, 9.17) is 16.0 Å². The molecule has 23 heavy (non-hydrogen) atoms. The molecule has 0 N–H and O–H groups in total. The summed E-state index contributed by atoms with van der Waals surface area (Å²) >= 11 is 5.93. The molecule has 0 atom stereocenters. The van der Waals surface area contributed by atoms with Gasteiger partial charge in [-0.1, -0.05) is 35.9 Å². The van der Waals surface area contributed by atoms with Crippen molar-refractivity contribution in [1.82, 2.24) is 0 Å². The Bertz CT molecular complexity index is 666. The molecule has 0 aliphatic carbocycles. The van der Waals surface area contributed by atoms with Crippen molar-refractivity contribution in [3.8, 4) is 0 Å². The fourth-order valence-corrected chi connectivity index (χ4v) is 2.25. The average molecular weight is 330 g/mol. The van der Waals surface area contributed by atoms with Gasteiger partial charge in [-0.3, -0.25) is 0 Å². The molecule has 1 aromatic carbocycles. The first-order valence-corrected chi connectivity index (χ1v) is 8.36. The van der Waals surface area contributed by atoms with E-state index in [1.54, 1.807) is 0 Å². The largest absolute Gasteiger partial charge is 0.335 e. The molecule has 0 bridgehead atoms. The molecule has 2 rings (SSSR count). The fourth-order valence-electron chi connectivity index (χ4n) is 2.12. The molecule has 0 saturated carbocycles. The molecule has 122 valence electrons. The Kier molecular flexibility index (Phi) is 5.01. The average Bonchev–Trinajstić information content (AvgIpc) is 2.44. The summed E-state index contributed by atoms with van der Waals surface area (Å²) in [5.74, 6) is 2.00. The van der Waals surface area contributed by atoms with Crippen molar-refractivity contribution < 1.29 is 4.42 Å². The van der Waals surface area contributed by atoms with Gasteiger partial charge in [0.15, 0.2) is 0 Å². The van der Waals surface area contributed by atoms with Gasteiger partial charge in [-0.15, -0.1) is 0 Å². The van der Waals surface area contributed by atoms with Gasteiger partial charge in [0.05, 0.1) is 10.8 Å². The SMILES string of the molecule is CC(C)(C)c1cc(/C=C/c2ccc(Cl)cc2)cc(C(C)(C)C)[o+]1. The molecule has 0 amide bonds. The van der Waals surface area contributed by atoms with Gasteiger partial charge in [0.2, 0.25) is 0 Å². The molecule has 2 heteroatoms. The van der Waals surface area contributed by atoms with E-state index in [-0.39, 0.29) is 10.8 Å². The molecule has 1 aromatic heterocycles. The summed E-state index contributed by atoms with van der Waals surface area (Å²) < 4.78 is 6.16. The van der Waals surface area contributed by atoms with Crippen LogP contribution < -0.4 is 0 Å². The molecule has 2 aromatic rings. The van der Waals surface area contributed by atoms with Gasteiger partial charge in [0, 0.05) is 17.2 Å². The Labute approximate surface area is 145 Å². The zero-order valence-electron chi connectivity index (χ0n) is 14.9. The molecule has 1 nitrogen and oxygen atoms in total. The smallest absolute Gasteiger partial charge is 0.217 e. The number of rotatable bonds is 2. The quantitative estimate of drug-likeness (QED) is 0.541. The summed E-state index contributed by atoms with van der Waals surface area (Å²) in [5.41, 5.74) is 2.24. The van der Waals surface area contributed by atoms with Gasteiger partial charge in [-0.25, -0.2) is 4.42 Å². The predicted molar refractivity (Wildman–Crippen MR) is 101 cm³/mol. The maximum absolute atomic E-state index is 6.16. The summed E-state index contributed by atoms with van der Waals surface area (Å²) in [5, 5.41) is 0.755. The van der Waals surface area contributed by atoms with Crippen LogP contribution >= 0.6 is 11.6 Å². The van der Waals surface area contributed by atoms with Crippen LogP contribution in [-0.2, 0) is 10.8 Å². The lowest BCUT2D eigenvalue weighted by atomic mass is 9.88. The van der Waals surface area contributed by atoms with Gasteiger partial charge in [0.1, 0.15) is 0 Å². The molecule has 0 aliphatic heterocycles. The van der Waals surface area contributed by atoms with Crippen LogP contribution in [0.25, 0.3) is 12.2 Å². The molecule has 0 saturated heterocycles. The van der Waals surface area contributed by atoms with E-state index in [9.17, 15) is 0 Å². The van der Waals surface area contributed by atoms with E-state index < -0.39 is 0 Å². The summed E-state index contributed by atoms with van der Waals surface area (Å²) in [6.45, 7) is 13.0. The van der Waals surface area contributed by atoms with Crippen LogP contribution in [0.3, 0.4) is 0 Å². The minimum absolute atomic E-state index is 0.0237. The number of hydrogen-bond donors (Lipinski definition) is 0. The Balaban J connectivity index is 2.43. The number of halogens is 1. The Morgan fingerprint density at radius 3 is 1.61 bits per heavy atom. The van der Waals surface area contributed by atoms with Crippen LogP contribution in [0.15, 0.2) is 40.8 Å². The zero-order valence-corrected chi connectivity index (χ0v) is 15.7. The maximum Gasteiger partial charge on any atom is 0.335 e. The Morgan fingerprint density at radius 2 is 1.17 bits per heavy atom. The van der Waals surface area contributed by atoms with Crippen molar-refractivity contribution in [3.05, 3.63) is 64.1 Å². The molecule has 0 spiro atoms. The van der Waals surface area contributed by atoms with Crippen LogP contribution in [0.4, 0.5) is 0 Å². The second-order valence-corrected chi connectivity index (χ2v) is 8.44. The number of hydrogen-bond acceptors (Lipinski definition) is 0. The third kappa shape index (κ3) is 4.94. The van der Waals surface area contributed by atoms with E-state index in [0.29, 0.717) is 0 Å². The van der Waals surface area contributed by atoms with Crippen LogP contribution in [0.2, 0.25) is 5.02 Å². The molecule has 0 radical (unpaired) electrons.